The van der Waals surface area contributed by atoms with Crippen LogP contribution in [0.4, 0.5) is 0 Å². The van der Waals surface area contributed by atoms with Gasteiger partial charge in [-0.2, -0.15) is 0 Å². The number of nitrogens with two attached hydrogens (primary N) is 1. The minimum absolute atomic E-state index is 0.281. The van der Waals surface area contributed by atoms with Crippen LogP contribution in [0.3, 0.4) is 0 Å². The quantitative estimate of drug-likeness (QED) is 0.612. The molecule has 0 aliphatic rings. The fourth-order valence-electron chi connectivity index (χ4n) is 3.08. The van der Waals surface area contributed by atoms with Crippen LogP contribution in [-0.4, -0.2) is 16.7 Å². The summed E-state index contributed by atoms with van der Waals surface area (Å²) in [6, 6.07) is 27.0. The first-order chi connectivity index (χ1) is 14.2. The number of rotatable bonds is 7. The van der Waals surface area contributed by atoms with Gasteiger partial charge in [0.05, 0.1) is 0 Å². The van der Waals surface area contributed by atoms with Crippen molar-refractivity contribution in [3.05, 3.63) is 107 Å². The molecule has 0 atom stereocenters. The molecule has 0 fully saturated rings. The van der Waals surface area contributed by atoms with Crippen molar-refractivity contribution < 1.29 is 9.59 Å². The minimum atomic E-state index is -0.616. The third-order valence-electron chi connectivity index (χ3n) is 4.59. The van der Waals surface area contributed by atoms with E-state index in [0.717, 1.165) is 22.3 Å². The largest absolute Gasteiger partial charge is 0.344 e. The van der Waals surface area contributed by atoms with Crippen molar-refractivity contribution in [3.8, 4) is 0 Å². The van der Waals surface area contributed by atoms with Gasteiger partial charge in [0, 0.05) is 26.2 Å². The number of nitrogens with zero attached hydrogens (tertiary/aromatic N) is 1. The lowest BCUT2D eigenvalue weighted by Crippen LogP contribution is -2.42. The first kappa shape index (κ1) is 20.3. The normalized spacial score (nSPS) is 10.4. The molecule has 5 heteroatoms. The average Bonchev–Trinajstić information content (AvgIpc) is 2.78. The van der Waals surface area contributed by atoms with Crippen LogP contribution < -0.4 is 11.1 Å². The van der Waals surface area contributed by atoms with Crippen LogP contribution in [0.5, 0.6) is 0 Å². The van der Waals surface area contributed by atoms with Gasteiger partial charge in [-0.05, 0) is 22.3 Å². The molecule has 3 N–H and O–H groups in total. The van der Waals surface area contributed by atoms with Gasteiger partial charge in [-0.3, -0.25) is 9.59 Å². The fraction of sp³-hybridized carbons (Fsp3) is 0.167. The van der Waals surface area contributed by atoms with Crippen molar-refractivity contribution in [2.45, 2.75) is 26.2 Å². The zero-order valence-electron chi connectivity index (χ0n) is 16.3. The highest BCUT2D eigenvalue weighted by atomic mass is 16.2. The summed E-state index contributed by atoms with van der Waals surface area (Å²) in [5, 5.41) is 2.73. The molecule has 29 heavy (non-hydrogen) atoms. The van der Waals surface area contributed by atoms with Gasteiger partial charge in [0.1, 0.15) is 0 Å². The number of nitrogens with one attached hydrogen (secondary N) is 1. The highest BCUT2D eigenvalue weighted by Gasteiger charge is 2.22. The maximum absolute atomic E-state index is 12.9. The van der Waals surface area contributed by atoms with Crippen molar-refractivity contribution in [1.82, 2.24) is 10.2 Å². The molecule has 3 aromatic carbocycles. The molecule has 0 spiro atoms. The summed E-state index contributed by atoms with van der Waals surface area (Å²) in [6.07, 6.45) is 0. The van der Waals surface area contributed by atoms with Crippen molar-refractivity contribution in [3.63, 3.8) is 0 Å². The summed E-state index contributed by atoms with van der Waals surface area (Å²) in [5.74, 6) is -1.16. The van der Waals surface area contributed by atoms with E-state index in [1.54, 1.807) is 4.90 Å². The van der Waals surface area contributed by atoms with Gasteiger partial charge in [-0.25, -0.2) is 0 Å². The average molecular weight is 387 g/mol. The Balaban J connectivity index is 1.69. The van der Waals surface area contributed by atoms with E-state index in [1.807, 2.05) is 84.9 Å². The minimum Gasteiger partial charge on any atom is -0.344 e. The predicted molar refractivity (Wildman–Crippen MR) is 113 cm³/mol. The fourth-order valence-corrected chi connectivity index (χ4v) is 3.08. The lowest BCUT2D eigenvalue weighted by atomic mass is 10.1. The highest BCUT2D eigenvalue weighted by Crippen LogP contribution is 2.11. The zero-order chi connectivity index (χ0) is 20.5. The molecule has 148 valence electrons. The molecule has 0 aliphatic carbocycles. The molecule has 3 rings (SSSR count). The van der Waals surface area contributed by atoms with Gasteiger partial charge in [-0.15, -0.1) is 0 Å². The summed E-state index contributed by atoms with van der Waals surface area (Å²) >= 11 is 0. The topological polar surface area (TPSA) is 75.4 Å². The molecule has 2 amide bonds. The third-order valence-corrected chi connectivity index (χ3v) is 4.59. The van der Waals surface area contributed by atoms with E-state index >= 15 is 0 Å². The van der Waals surface area contributed by atoms with Crippen molar-refractivity contribution >= 4 is 11.8 Å². The van der Waals surface area contributed by atoms with Crippen LogP contribution in [0.1, 0.15) is 22.3 Å². The first-order valence-corrected chi connectivity index (χ1v) is 9.58. The maximum Gasteiger partial charge on any atom is 0.312 e. The molecule has 5 nitrogen and oxygen atoms in total. The van der Waals surface area contributed by atoms with E-state index in [9.17, 15) is 9.59 Å². The van der Waals surface area contributed by atoms with Gasteiger partial charge in [0.2, 0.25) is 0 Å². The Labute approximate surface area is 171 Å². The number of carbonyl (C=O) groups excluding carboxylic acids is 2. The lowest BCUT2D eigenvalue weighted by Gasteiger charge is -2.22. The Hall–Kier alpha value is -3.44. The van der Waals surface area contributed by atoms with Gasteiger partial charge < -0.3 is 16.0 Å². The number of hydrogen-bond donors (Lipinski definition) is 2. The Bertz CT molecular complexity index is 901. The van der Waals surface area contributed by atoms with Crippen LogP contribution in [-0.2, 0) is 35.8 Å². The molecule has 0 bridgehead atoms. The maximum atomic E-state index is 12.9. The van der Waals surface area contributed by atoms with Crippen molar-refractivity contribution in [1.29, 1.82) is 0 Å². The molecular formula is C24H25N3O2. The van der Waals surface area contributed by atoms with E-state index < -0.39 is 11.8 Å². The molecule has 0 saturated carbocycles. The van der Waals surface area contributed by atoms with Crippen LogP contribution in [0.25, 0.3) is 0 Å². The van der Waals surface area contributed by atoms with Crippen molar-refractivity contribution in [2.24, 2.45) is 5.73 Å². The lowest BCUT2D eigenvalue weighted by molar-refractivity contribution is -0.146. The second-order valence-corrected chi connectivity index (χ2v) is 6.84. The summed E-state index contributed by atoms with van der Waals surface area (Å²) < 4.78 is 0. The monoisotopic (exact) mass is 387 g/mol. The number of hydrogen-bond acceptors (Lipinski definition) is 3. The van der Waals surface area contributed by atoms with E-state index in [2.05, 4.69) is 5.32 Å². The molecule has 3 aromatic rings. The third kappa shape index (κ3) is 6.02. The van der Waals surface area contributed by atoms with Gasteiger partial charge in [0.15, 0.2) is 0 Å². The summed E-state index contributed by atoms with van der Waals surface area (Å²) in [7, 11) is 0. The Morgan fingerprint density at radius 3 is 1.79 bits per heavy atom. The van der Waals surface area contributed by atoms with E-state index in [1.165, 1.54) is 0 Å². The molecule has 0 saturated heterocycles. The molecule has 0 radical (unpaired) electrons. The number of benzene rings is 3. The van der Waals surface area contributed by atoms with Gasteiger partial charge in [0.25, 0.3) is 0 Å². The first-order valence-electron chi connectivity index (χ1n) is 9.58. The molecule has 0 heterocycles. The second-order valence-electron chi connectivity index (χ2n) is 6.84. The molecule has 0 aromatic heterocycles. The summed E-state index contributed by atoms with van der Waals surface area (Å²) in [4.78, 5) is 27.0. The van der Waals surface area contributed by atoms with E-state index in [-0.39, 0.29) is 6.54 Å². The number of carbonyl (C=O) groups is 2. The predicted octanol–water partition coefficient (Wildman–Crippen LogP) is 2.99. The second kappa shape index (κ2) is 10.2. The Kier molecular flexibility index (Phi) is 7.14. The van der Waals surface area contributed by atoms with Crippen LogP contribution in [0.2, 0.25) is 0 Å². The standard InChI is InChI=1S/C24H25N3O2/c25-15-21-12-7-13-22(14-21)16-26-23(28)24(29)27(17-19-8-3-1-4-9-19)18-20-10-5-2-6-11-20/h1-14H,15-18,25H2,(H,26,28). The summed E-state index contributed by atoms with van der Waals surface area (Å²) in [6.45, 7) is 1.45. The molecule has 0 aliphatic heterocycles. The van der Waals surface area contributed by atoms with Crippen LogP contribution in [0, 0.1) is 0 Å². The number of amides is 2. The van der Waals surface area contributed by atoms with E-state index in [4.69, 9.17) is 5.73 Å². The Morgan fingerprint density at radius 2 is 1.24 bits per heavy atom. The van der Waals surface area contributed by atoms with Crippen molar-refractivity contribution in [2.75, 3.05) is 0 Å². The molecular weight excluding hydrogens is 362 g/mol. The molecule has 0 unspecified atom stereocenters. The summed E-state index contributed by atoms with van der Waals surface area (Å²) in [5.41, 5.74) is 9.50. The SMILES string of the molecule is NCc1cccc(CNC(=O)C(=O)N(Cc2ccccc2)Cc2ccccc2)c1. The van der Waals surface area contributed by atoms with Crippen LogP contribution >= 0.6 is 0 Å². The smallest absolute Gasteiger partial charge is 0.312 e. The Morgan fingerprint density at radius 1 is 0.724 bits per heavy atom. The zero-order valence-corrected chi connectivity index (χ0v) is 16.3. The highest BCUT2D eigenvalue weighted by molar-refractivity contribution is 6.34. The van der Waals surface area contributed by atoms with E-state index in [0.29, 0.717) is 19.6 Å². The van der Waals surface area contributed by atoms with Gasteiger partial charge >= 0.3 is 11.8 Å². The van der Waals surface area contributed by atoms with Crippen LogP contribution in [0.15, 0.2) is 84.9 Å². The van der Waals surface area contributed by atoms with Gasteiger partial charge in [-0.1, -0.05) is 84.9 Å².